The summed E-state index contributed by atoms with van der Waals surface area (Å²) in [6.45, 7) is 4.58. The topological polar surface area (TPSA) is 47.9 Å². The fraction of sp³-hybridized carbons (Fsp3) is 0.833. The van der Waals surface area contributed by atoms with E-state index >= 15 is 0 Å². The van der Waals surface area contributed by atoms with Crippen molar-refractivity contribution < 1.29 is 4.79 Å². The second kappa shape index (κ2) is 7.92. The molecule has 0 heterocycles. The molecule has 0 aromatic heterocycles. The summed E-state index contributed by atoms with van der Waals surface area (Å²) in [7, 11) is 7.77. The first-order valence-electron chi connectivity index (χ1n) is 6.06. The highest BCUT2D eigenvalue weighted by Gasteiger charge is 2.06. The van der Waals surface area contributed by atoms with Crippen LogP contribution >= 0.6 is 0 Å². The van der Waals surface area contributed by atoms with Gasteiger partial charge in [-0.25, -0.2) is 0 Å². The fourth-order valence-electron chi connectivity index (χ4n) is 1.39. The SMILES string of the molecule is CCC(C)NC(=O)CCN=C(N(C)C)N(C)C. The van der Waals surface area contributed by atoms with E-state index < -0.39 is 0 Å². The number of hydrogen-bond acceptors (Lipinski definition) is 2. The van der Waals surface area contributed by atoms with E-state index in [-0.39, 0.29) is 11.9 Å². The zero-order valence-electron chi connectivity index (χ0n) is 11.9. The number of guanidine groups is 1. The van der Waals surface area contributed by atoms with Crippen molar-refractivity contribution >= 4 is 11.9 Å². The Kier molecular flexibility index (Phi) is 7.34. The van der Waals surface area contributed by atoms with Gasteiger partial charge in [-0.05, 0) is 13.3 Å². The molecule has 0 aliphatic carbocycles. The summed E-state index contributed by atoms with van der Waals surface area (Å²) >= 11 is 0. The molecule has 100 valence electrons. The molecule has 0 aromatic carbocycles. The molecule has 0 radical (unpaired) electrons. The third-order valence-corrected chi connectivity index (χ3v) is 2.41. The Hall–Kier alpha value is -1.26. The van der Waals surface area contributed by atoms with Crippen molar-refractivity contribution in [1.82, 2.24) is 15.1 Å². The molecule has 0 bridgehead atoms. The molecule has 17 heavy (non-hydrogen) atoms. The predicted molar refractivity (Wildman–Crippen MR) is 72.2 cm³/mol. The number of nitrogens with zero attached hydrogens (tertiary/aromatic N) is 3. The number of nitrogens with one attached hydrogen (secondary N) is 1. The summed E-state index contributed by atoms with van der Waals surface area (Å²) in [4.78, 5) is 19.8. The maximum atomic E-state index is 11.5. The highest BCUT2D eigenvalue weighted by molar-refractivity contribution is 5.80. The number of rotatable bonds is 5. The minimum Gasteiger partial charge on any atom is -0.354 e. The van der Waals surface area contributed by atoms with Gasteiger partial charge in [0.1, 0.15) is 0 Å². The molecule has 0 aliphatic rings. The van der Waals surface area contributed by atoms with Crippen molar-refractivity contribution in [3.05, 3.63) is 0 Å². The Morgan fingerprint density at radius 2 is 1.76 bits per heavy atom. The van der Waals surface area contributed by atoms with Crippen molar-refractivity contribution in [2.75, 3.05) is 34.7 Å². The van der Waals surface area contributed by atoms with Crippen molar-refractivity contribution in [3.63, 3.8) is 0 Å². The van der Waals surface area contributed by atoms with E-state index in [2.05, 4.69) is 17.2 Å². The zero-order valence-corrected chi connectivity index (χ0v) is 11.9. The molecule has 0 rings (SSSR count). The number of amides is 1. The molecule has 0 spiro atoms. The van der Waals surface area contributed by atoms with E-state index in [1.807, 2.05) is 44.9 Å². The highest BCUT2D eigenvalue weighted by Crippen LogP contribution is 1.93. The second-order valence-electron chi connectivity index (χ2n) is 4.60. The Morgan fingerprint density at radius 3 is 2.18 bits per heavy atom. The van der Waals surface area contributed by atoms with Crippen LogP contribution in [0, 0.1) is 0 Å². The monoisotopic (exact) mass is 242 g/mol. The lowest BCUT2D eigenvalue weighted by atomic mass is 10.2. The molecule has 0 saturated carbocycles. The molecule has 1 N–H and O–H groups in total. The van der Waals surface area contributed by atoms with E-state index in [9.17, 15) is 4.79 Å². The first kappa shape index (κ1) is 15.7. The van der Waals surface area contributed by atoms with Crippen LogP contribution in [-0.4, -0.2) is 62.4 Å². The lowest BCUT2D eigenvalue weighted by Crippen LogP contribution is -2.36. The smallest absolute Gasteiger partial charge is 0.222 e. The number of aliphatic imine (C=N–C) groups is 1. The molecule has 1 unspecified atom stereocenters. The second-order valence-corrected chi connectivity index (χ2v) is 4.60. The molecule has 5 heteroatoms. The maximum Gasteiger partial charge on any atom is 0.222 e. The van der Waals surface area contributed by atoms with Crippen LogP contribution in [-0.2, 0) is 4.79 Å². The third kappa shape index (κ3) is 6.81. The molecule has 0 saturated heterocycles. The van der Waals surface area contributed by atoms with E-state index in [0.717, 1.165) is 12.4 Å². The van der Waals surface area contributed by atoms with Crippen LogP contribution in [0.25, 0.3) is 0 Å². The average Bonchev–Trinajstić information content (AvgIpc) is 2.22. The number of carbonyl (C=O) groups excluding carboxylic acids is 1. The average molecular weight is 242 g/mol. The van der Waals surface area contributed by atoms with Gasteiger partial charge in [0.2, 0.25) is 5.91 Å². The van der Waals surface area contributed by atoms with Crippen LogP contribution in [0.5, 0.6) is 0 Å². The van der Waals surface area contributed by atoms with Crippen LogP contribution in [0.1, 0.15) is 26.7 Å². The normalized spacial score (nSPS) is 11.6. The summed E-state index contributed by atoms with van der Waals surface area (Å²) in [5.41, 5.74) is 0. The van der Waals surface area contributed by atoms with Gasteiger partial charge < -0.3 is 15.1 Å². The Balaban J connectivity index is 4.10. The highest BCUT2D eigenvalue weighted by atomic mass is 16.1. The molecule has 1 amide bonds. The van der Waals surface area contributed by atoms with E-state index in [0.29, 0.717) is 13.0 Å². The first-order valence-corrected chi connectivity index (χ1v) is 6.06. The first-order chi connectivity index (χ1) is 7.88. The van der Waals surface area contributed by atoms with Gasteiger partial charge in [0.15, 0.2) is 5.96 Å². The predicted octanol–water partition coefficient (Wildman–Crippen LogP) is 0.770. The van der Waals surface area contributed by atoms with Crippen LogP contribution in [0.2, 0.25) is 0 Å². The summed E-state index contributed by atoms with van der Waals surface area (Å²) < 4.78 is 0. The third-order valence-electron chi connectivity index (χ3n) is 2.41. The van der Waals surface area contributed by atoms with Gasteiger partial charge in [-0.3, -0.25) is 9.79 Å². The van der Waals surface area contributed by atoms with E-state index in [1.54, 1.807) is 0 Å². The van der Waals surface area contributed by atoms with Gasteiger partial charge in [-0.2, -0.15) is 0 Å². The van der Waals surface area contributed by atoms with E-state index in [1.165, 1.54) is 0 Å². The quantitative estimate of drug-likeness (QED) is 0.572. The van der Waals surface area contributed by atoms with Crippen molar-refractivity contribution in [3.8, 4) is 0 Å². The van der Waals surface area contributed by atoms with Crippen LogP contribution in [0.3, 0.4) is 0 Å². The summed E-state index contributed by atoms with van der Waals surface area (Å²) in [5.74, 6) is 0.946. The van der Waals surface area contributed by atoms with Gasteiger partial charge in [0, 0.05) is 40.7 Å². The Labute approximate surface area is 105 Å². The number of hydrogen-bond donors (Lipinski definition) is 1. The molecule has 5 nitrogen and oxygen atoms in total. The van der Waals surface area contributed by atoms with Gasteiger partial charge >= 0.3 is 0 Å². The largest absolute Gasteiger partial charge is 0.354 e. The maximum absolute atomic E-state index is 11.5. The molecular formula is C12H26N4O. The van der Waals surface area contributed by atoms with Crippen molar-refractivity contribution in [1.29, 1.82) is 0 Å². The van der Waals surface area contributed by atoms with Crippen LogP contribution in [0.15, 0.2) is 4.99 Å². The minimum absolute atomic E-state index is 0.0694. The molecular weight excluding hydrogens is 216 g/mol. The molecule has 1 atom stereocenters. The lowest BCUT2D eigenvalue weighted by molar-refractivity contribution is -0.121. The molecule has 0 fully saturated rings. The van der Waals surface area contributed by atoms with Gasteiger partial charge in [-0.1, -0.05) is 6.92 Å². The van der Waals surface area contributed by atoms with Gasteiger partial charge in [0.25, 0.3) is 0 Å². The molecule has 0 aliphatic heterocycles. The summed E-state index contributed by atoms with van der Waals surface area (Å²) in [6, 6.07) is 0.244. The fourth-order valence-corrected chi connectivity index (χ4v) is 1.39. The van der Waals surface area contributed by atoms with Crippen molar-refractivity contribution in [2.24, 2.45) is 4.99 Å². The zero-order chi connectivity index (χ0) is 13.4. The Bertz CT molecular complexity index is 251. The summed E-state index contributed by atoms with van der Waals surface area (Å²) in [5, 5.41) is 2.93. The van der Waals surface area contributed by atoms with E-state index in [4.69, 9.17) is 0 Å². The summed E-state index contributed by atoms with van der Waals surface area (Å²) in [6.07, 6.45) is 1.39. The molecule has 0 aromatic rings. The van der Waals surface area contributed by atoms with Crippen LogP contribution < -0.4 is 5.32 Å². The lowest BCUT2D eigenvalue weighted by Gasteiger charge is -2.22. The van der Waals surface area contributed by atoms with Crippen molar-refractivity contribution in [2.45, 2.75) is 32.7 Å². The number of carbonyl (C=O) groups is 1. The minimum atomic E-state index is 0.0694. The Morgan fingerprint density at radius 1 is 1.24 bits per heavy atom. The van der Waals surface area contributed by atoms with Gasteiger partial charge in [-0.15, -0.1) is 0 Å². The standard InChI is InChI=1S/C12H26N4O/c1-7-10(2)14-11(17)8-9-13-12(15(3)4)16(5)6/h10H,7-9H2,1-6H3,(H,14,17). The van der Waals surface area contributed by atoms with Gasteiger partial charge in [0.05, 0.1) is 6.54 Å². The van der Waals surface area contributed by atoms with Crippen LogP contribution in [0.4, 0.5) is 0 Å².